The van der Waals surface area contributed by atoms with Crippen molar-refractivity contribution in [3.8, 4) is 0 Å². The molecular weight excluding hydrogens is 257 g/mol. The minimum absolute atomic E-state index is 0.328. The predicted octanol–water partition coefficient (Wildman–Crippen LogP) is 3.83. The molecule has 0 fully saturated rings. The van der Waals surface area contributed by atoms with Crippen LogP contribution in [-0.2, 0) is 6.42 Å². The molecule has 2 rings (SSSR count). The Bertz CT molecular complexity index is 520. The van der Waals surface area contributed by atoms with Gasteiger partial charge in [0.25, 0.3) is 0 Å². The number of aromatic nitrogens is 3. The predicted molar refractivity (Wildman–Crippen MR) is 69.7 cm³/mol. The molecular formula is C12H13Cl2N3. The molecule has 0 aliphatic carbocycles. The van der Waals surface area contributed by atoms with Crippen LogP contribution in [0.15, 0.2) is 18.2 Å². The third-order valence-electron chi connectivity index (χ3n) is 2.42. The highest BCUT2D eigenvalue weighted by Crippen LogP contribution is 2.23. The van der Waals surface area contributed by atoms with Crippen molar-refractivity contribution in [2.75, 3.05) is 0 Å². The van der Waals surface area contributed by atoms with Crippen LogP contribution in [0.25, 0.3) is 0 Å². The minimum atomic E-state index is 0.328. The van der Waals surface area contributed by atoms with Gasteiger partial charge in [0.1, 0.15) is 5.82 Å². The molecule has 0 amide bonds. The number of hydrogen-bond donors (Lipinski definition) is 1. The number of benzene rings is 1. The molecule has 2 aromatic rings. The van der Waals surface area contributed by atoms with E-state index in [0.717, 1.165) is 17.2 Å². The third-order valence-corrected chi connectivity index (χ3v) is 3.16. The summed E-state index contributed by atoms with van der Waals surface area (Å²) in [4.78, 5) is 4.41. The standard InChI is InChI=1S/C12H13Cl2N3/c1-7(2)12-15-11(16-17-12)6-8-3-4-9(13)10(14)5-8/h3-5,7H,6H2,1-2H3,(H,15,16,17). The molecule has 0 bridgehead atoms. The van der Waals surface area contributed by atoms with E-state index in [1.54, 1.807) is 6.07 Å². The molecule has 0 saturated carbocycles. The van der Waals surface area contributed by atoms with Gasteiger partial charge in [0, 0.05) is 12.3 Å². The largest absolute Gasteiger partial charge is 0.263 e. The summed E-state index contributed by atoms with van der Waals surface area (Å²) < 4.78 is 0. The quantitative estimate of drug-likeness (QED) is 0.920. The van der Waals surface area contributed by atoms with Crippen LogP contribution in [-0.4, -0.2) is 15.2 Å². The summed E-state index contributed by atoms with van der Waals surface area (Å²) in [6.07, 6.45) is 0.677. The number of aromatic amines is 1. The van der Waals surface area contributed by atoms with Gasteiger partial charge in [-0.05, 0) is 17.7 Å². The highest BCUT2D eigenvalue weighted by Gasteiger charge is 2.08. The van der Waals surface area contributed by atoms with Gasteiger partial charge in [0.15, 0.2) is 5.82 Å². The molecule has 5 heteroatoms. The summed E-state index contributed by atoms with van der Waals surface area (Å²) >= 11 is 11.8. The van der Waals surface area contributed by atoms with Gasteiger partial charge >= 0.3 is 0 Å². The Morgan fingerprint density at radius 2 is 2.00 bits per heavy atom. The molecule has 0 saturated heterocycles. The molecule has 0 atom stereocenters. The first kappa shape index (κ1) is 12.4. The third kappa shape index (κ3) is 2.99. The maximum Gasteiger partial charge on any atom is 0.153 e. The van der Waals surface area contributed by atoms with Crippen LogP contribution >= 0.6 is 23.2 Å². The second kappa shape index (κ2) is 5.07. The van der Waals surface area contributed by atoms with E-state index in [9.17, 15) is 0 Å². The van der Waals surface area contributed by atoms with Crippen LogP contribution in [0, 0.1) is 0 Å². The Hall–Kier alpha value is -1.06. The zero-order chi connectivity index (χ0) is 12.4. The van der Waals surface area contributed by atoms with E-state index in [1.165, 1.54) is 0 Å². The fourth-order valence-corrected chi connectivity index (χ4v) is 1.81. The van der Waals surface area contributed by atoms with E-state index in [2.05, 4.69) is 29.0 Å². The van der Waals surface area contributed by atoms with Gasteiger partial charge < -0.3 is 0 Å². The van der Waals surface area contributed by atoms with Crippen LogP contribution in [0.5, 0.6) is 0 Å². The van der Waals surface area contributed by atoms with Gasteiger partial charge in [0.05, 0.1) is 10.0 Å². The van der Waals surface area contributed by atoms with Crippen molar-refractivity contribution < 1.29 is 0 Å². The Morgan fingerprint density at radius 3 is 2.59 bits per heavy atom. The van der Waals surface area contributed by atoms with Crippen molar-refractivity contribution in [2.24, 2.45) is 0 Å². The molecule has 1 heterocycles. The van der Waals surface area contributed by atoms with E-state index in [0.29, 0.717) is 22.4 Å². The SMILES string of the molecule is CC(C)c1n[nH]c(Cc2ccc(Cl)c(Cl)c2)n1. The van der Waals surface area contributed by atoms with Crippen molar-refractivity contribution in [2.45, 2.75) is 26.2 Å². The minimum Gasteiger partial charge on any atom is -0.263 e. The lowest BCUT2D eigenvalue weighted by Crippen LogP contribution is -1.92. The maximum absolute atomic E-state index is 5.96. The van der Waals surface area contributed by atoms with Gasteiger partial charge in [0.2, 0.25) is 0 Å². The molecule has 0 radical (unpaired) electrons. The molecule has 0 spiro atoms. The summed E-state index contributed by atoms with van der Waals surface area (Å²) in [6, 6.07) is 5.58. The molecule has 3 nitrogen and oxygen atoms in total. The molecule has 90 valence electrons. The molecule has 1 N–H and O–H groups in total. The zero-order valence-corrected chi connectivity index (χ0v) is 11.2. The monoisotopic (exact) mass is 269 g/mol. The summed E-state index contributed by atoms with van der Waals surface area (Å²) in [6.45, 7) is 4.12. The molecule has 1 aromatic heterocycles. The number of halogens is 2. The lowest BCUT2D eigenvalue weighted by Gasteiger charge is -2.00. The zero-order valence-electron chi connectivity index (χ0n) is 9.67. The Morgan fingerprint density at radius 1 is 1.24 bits per heavy atom. The van der Waals surface area contributed by atoms with E-state index in [1.807, 2.05) is 12.1 Å². The van der Waals surface area contributed by atoms with Crippen LogP contribution in [0.1, 0.15) is 37.0 Å². The molecule has 0 aliphatic heterocycles. The van der Waals surface area contributed by atoms with Gasteiger partial charge in [-0.15, -0.1) is 0 Å². The van der Waals surface area contributed by atoms with Crippen molar-refractivity contribution in [1.82, 2.24) is 15.2 Å². The van der Waals surface area contributed by atoms with Gasteiger partial charge in [-0.25, -0.2) is 4.98 Å². The van der Waals surface area contributed by atoms with E-state index in [4.69, 9.17) is 23.2 Å². The lowest BCUT2D eigenvalue weighted by molar-refractivity contribution is 0.780. The summed E-state index contributed by atoms with van der Waals surface area (Å²) in [7, 11) is 0. The van der Waals surface area contributed by atoms with Crippen LogP contribution < -0.4 is 0 Å². The maximum atomic E-state index is 5.96. The first-order chi connectivity index (χ1) is 8.06. The van der Waals surface area contributed by atoms with Crippen molar-refractivity contribution >= 4 is 23.2 Å². The molecule has 17 heavy (non-hydrogen) atoms. The average molecular weight is 270 g/mol. The van der Waals surface area contributed by atoms with Gasteiger partial charge in [-0.1, -0.05) is 43.1 Å². The summed E-state index contributed by atoms with van der Waals surface area (Å²) in [5.74, 6) is 2.00. The smallest absolute Gasteiger partial charge is 0.153 e. The first-order valence-corrected chi connectivity index (χ1v) is 6.17. The van der Waals surface area contributed by atoms with E-state index in [-0.39, 0.29) is 0 Å². The fourth-order valence-electron chi connectivity index (χ4n) is 1.49. The number of hydrogen-bond acceptors (Lipinski definition) is 2. The van der Waals surface area contributed by atoms with E-state index >= 15 is 0 Å². The highest BCUT2D eigenvalue weighted by atomic mass is 35.5. The lowest BCUT2D eigenvalue weighted by atomic mass is 10.1. The normalized spacial score (nSPS) is 11.1. The van der Waals surface area contributed by atoms with Gasteiger partial charge in [-0.3, -0.25) is 5.10 Å². The fraction of sp³-hybridized carbons (Fsp3) is 0.333. The Balaban J connectivity index is 2.16. The molecule has 0 unspecified atom stereocenters. The topological polar surface area (TPSA) is 41.6 Å². The van der Waals surface area contributed by atoms with Crippen molar-refractivity contribution in [3.63, 3.8) is 0 Å². The molecule has 0 aliphatic rings. The van der Waals surface area contributed by atoms with Crippen LogP contribution in [0.2, 0.25) is 10.0 Å². The highest BCUT2D eigenvalue weighted by molar-refractivity contribution is 6.42. The van der Waals surface area contributed by atoms with E-state index < -0.39 is 0 Å². The summed E-state index contributed by atoms with van der Waals surface area (Å²) in [5.41, 5.74) is 1.06. The number of rotatable bonds is 3. The second-order valence-electron chi connectivity index (χ2n) is 4.22. The first-order valence-electron chi connectivity index (χ1n) is 5.41. The number of nitrogens with one attached hydrogen (secondary N) is 1. The number of H-pyrrole nitrogens is 1. The van der Waals surface area contributed by atoms with Crippen LogP contribution in [0.4, 0.5) is 0 Å². The van der Waals surface area contributed by atoms with Gasteiger partial charge in [-0.2, -0.15) is 5.10 Å². The Labute approximate surface area is 110 Å². The van der Waals surface area contributed by atoms with Crippen molar-refractivity contribution in [1.29, 1.82) is 0 Å². The van der Waals surface area contributed by atoms with Crippen molar-refractivity contribution in [3.05, 3.63) is 45.5 Å². The van der Waals surface area contributed by atoms with Crippen LogP contribution in [0.3, 0.4) is 0 Å². The number of nitrogens with zero attached hydrogens (tertiary/aromatic N) is 2. The summed E-state index contributed by atoms with van der Waals surface area (Å²) in [5, 5.41) is 8.22. The molecule has 1 aromatic carbocycles. The average Bonchev–Trinajstić information content (AvgIpc) is 2.72. The second-order valence-corrected chi connectivity index (χ2v) is 5.03. The Kier molecular flexibility index (Phi) is 3.69.